The molecule has 0 bridgehead atoms. The Morgan fingerprint density at radius 1 is 1.08 bits per heavy atom. The van der Waals surface area contributed by atoms with Gasteiger partial charge >= 0.3 is 5.97 Å². The minimum atomic E-state index is -1.45. The van der Waals surface area contributed by atoms with Crippen molar-refractivity contribution in [3.05, 3.63) is 70.8 Å². The quantitative estimate of drug-likeness (QED) is 0.212. The molecule has 0 heterocycles. The molecule has 4 nitrogen and oxygen atoms in total. The van der Waals surface area contributed by atoms with Gasteiger partial charge in [-0.2, -0.15) is 0 Å². The Labute approximate surface area is 146 Å². The van der Waals surface area contributed by atoms with Crippen LogP contribution in [0.5, 0.6) is 0 Å². The van der Waals surface area contributed by atoms with Crippen LogP contribution < -0.4 is 0 Å². The summed E-state index contributed by atoms with van der Waals surface area (Å²) in [6, 6.07) is 5.48. The zero-order valence-corrected chi connectivity index (χ0v) is 13.5. The van der Waals surface area contributed by atoms with Gasteiger partial charge in [-0.05, 0) is 37.3 Å². The summed E-state index contributed by atoms with van der Waals surface area (Å²) >= 11 is 0. The van der Waals surface area contributed by atoms with E-state index in [2.05, 4.69) is 4.99 Å². The van der Waals surface area contributed by atoms with E-state index in [1.165, 1.54) is 19.1 Å². The number of aliphatic hydroxyl groups is 1. The van der Waals surface area contributed by atoms with Crippen LogP contribution in [0.4, 0.5) is 23.2 Å². The lowest BCUT2D eigenvalue weighted by atomic mass is 10.1. The van der Waals surface area contributed by atoms with Crippen molar-refractivity contribution < 1.29 is 32.2 Å². The summed E-state index contributed by atoms with van der Waals surface area (Å²) in [5.74, 6) is -6.68. The lowest BCUT2D eigenvalue weighted by Crippen LogP contribution is -2.12. The van der Waals surface area contributed by atoms with E-state index < -0.39 is 46.1 Å². The van der Waals surface area contributed by atoms with Crippen LogP contribution in [-0.4, -0.2) is 23.9 Å². The van der Waals surface area contributed by atoms with E-state index in [1.54, 1.807) is 0 Å². The fraction of sp³-hybridized carbons (Fsp3) is 0.111. The van der Waals surface area contributed by atoms with E-state index in [9.17, 15) is 27.5 Å². The summed E-state index contributed by atoms with van der Waals surface area (Å²) in [5, 5.41) is 10.2. The molecule has 0 saturated carbocycles. The highest BCUT2D eigenvalue weighted by Gasteiger charge is 2.21. The summed E-state index contributed by atoms with van der Waals surface area (Å²) in [4.78, 5) is 15.9. The molecule has 0 aliphatic heterocycles. The number of carbonyl (C=O) groups is 1. The van der Waals surface area contributed by atoms with Crippen molar-refractivity contribution in [2.75, 3.05) is 6.61 Å². The molecular formula is C18H13F4NO3. The molecule has 1 N–H and O–H groups in total. The van der Waals surface area contributed by atoms with Gasteiger partial charge < -0.3 is 9.84 Å². The topological polar surface area (TPSA) is 58.9 Å². The Balaban J connectivity index is 2.52. The summed E-state index contributed by atoms with van der Waals surface area (Å²) < 4.78 is 57.9. The molecule has 0 amide bonds. The molecule has 0 radical (unpaired) electrons. The third-order valence-corrected chi connectivity index (χ3v) is 3.18. The van der Waals surface area contributed by atoms with Crippen LogP contribution in [0.15, 0.2) is 47.0 Å². The van der Waals surface area contributed by atoms with Gasteiger partial charge in [-0.3, -0.25) is 4.99 Å². The van der Waals surface area contributed by atoms with Gasteiger partial charge in [0.25, 0.3) is 0 Å². The van der Waals surface area contributed by atoms with Crippen LogP contribution in [0.3, 0.4) is 0 Å². The fourth-order valence-electron chi connectivity index (χ4n) is 1.93. The fourth-order valence-corrected chi connectivity index (χ4v) is 1.93. The molecule has 0 aromatic heterocycles. The molecule has 8 heteroatoms. The van der Waals surface area contributed by atoms with Gasteiger partial charge in [0.05, 0.1) is 17.9 Å². The van der Waals surface area contributed by atoms with Gasteiger partial charge in [-0.1, -0.05) is 0 Å². The number of aliphatic imine (C=N–C) groups is 1. The number of rotatable bonds is 5. The molecule has 0 saturated heterocycles. The first kappa shape index (κ1) is 19.2. The molecule has 2 aromatic rings. The Hall–Kier alpha value is -3.16. The number of benzene rings is 2. The van der Waals surface area contributed by atoms with Crippen molar-refractivity contribution in [1.29, 1.82) is 0 Å². The summed E-state index contributed by atoms with van der Waals surface area (Å²) in [6.07, 6.45) is 0.862. The normalized spacial score (nSPS) is 12.2. The second-order valence-electron chi connectivity index (χ2n) is 4.96. The Bertz CT molecular complexity index is 877. The SMILES string of the molecule is CCOC(=O)/C(C=Nc1ccc(F)cc1)=C(/O)c1cc(F)c(F)cc1F. The number of esters is 1. The second-order valence-corrected chi connectivity index (χ2v) is 4.96. The smallest absolute Gasteiger partial charge is 0.343 e. The number of hydrogen-bond donors (Lipinski definition) is 1. The molecule has 26 heavy (non-hydrogen) atoms. The van der Waals surface area contributed by atoms with Crippen molar-refractivity contribution in [1.82, 2.24) is 0 Å². The van der Waals surface area contributed by atoms with Gasteiger partial charge in [-0.25, -0.2) is 22.4 Å². The van der Waals surface area contributed by atoms with E-state index >= 15 is 0 Å². The van der Waals surface area contributed by atoms with Crippen LogP contribution in [0, 0.1) is 23.3 Å². The number of hydrogen-bond acceptors (Lipinski definition) is 4. The lowest BCUT2D eigenvalue weighted by molar-refractivity contribution is -0.137. The van der Waals surface area contributed by atoms with Crippen molar-refractivity contribution >= 4 is 23.6 Å². The highest BCUT2D eigenvalue weighted by molar-refractivity contribution is 6.15. The number of nitrogens with zero attached hydrogens (tertiary/aromatic N) is 1. The monoisotopic (exact) mass is 367 g/mol. The van der Waals surface area contributed by atoms with Crippen molar-refractivity contribution in [3.8, 4) is 0 Å². The highest BCUT2D eigenvalue weighted by Crippen LogP contribution is 2.23. The standard InChI is InChI=1S/C18H13F4NO3/c1-2-26-18(25)13(9-23-11-5-3-10(19)4-6-11)17(24)12-7-15(21)16(22)8-14(12)20/h3-9,24H,2H2,1H3/b17-13+,23-9?. The maximum atomic E-state index is 13.9. The van der Waals surface area contributed by atoms with Crippen LogP contribution in [0.25, 0.3) is 5.76 Å². The maximum Gasteiger partial charge on any atom is 0.343 e. The summed E-state index contributed by atoms with van der Waals surface area (Å²) in [6.45, 7) is 1.45. The number of halogens is 4. The predicted molar refractivity (Wildman–Crippen MR) is 87.0 cm³/mol. The van der Waals surface area contributed by atoms with Crippen LogP contribution in [0.1, 0.15) is 12.5 Å². The van der Waals surface area contributed by atoms with E-state index in [4.69, 9.17) is 4.74 Å². The summed E-state index contributed by atoms with van der Waals surface area (Å²) in [7, 11) is 0. The molecule has 2 aromatic carbocycles. The minimum Gasteiger partial charge on any atom is -0.506 e. The number of aliphatic hydroxyl groups excluding tert-OH is 1. The van der Waals surface area contributed by atoms with E-state index in [0.717, 1.165) is 18.3 Å². The highest BCUT2D eigenvalue weighted by atomic mass is 19.2. The van der Waals surface area contributed by atoms with Gasteiger partial charge in [0.2, 0.25) is 0 Å². The van der Waals surface area contributed by atoms with Crippen LogP contribution in [0.2, 0.25) is 0 Å². The van der Waals surface area contributed by atoms with Crippen LogP contribution >= 0.6 is 0 Å². The lowest BCUT2D eigenvalue weighted by Gasteiger charge is -2.08. The zero-order valence-electron chi connectivity index (χ0n) is 13.5. The van der Waals surface area contributed by atoms with Gasteiger partial charge in [-0.15, -0.1) is 0 Å². The van der Waals surface area contributed by atoms with Gasteiger partial charge in [0.1, 0.15) is 23.0 Å². The van der Waals surface area contributed by atoms with E-state index in [0.29, 0.717) is 6.07 Å². The Morgan fingerprint density at radius 3 is 2.31 bits per heavy atom. The average Bonchev–Trinajstić information content (AvgIpc) is 2.60. The molecule has 0 aliphatic carbocycles. The third-order valence-electron chi connectivity index (χ3n) is 3.18. The summed E-state index contributed by atoms with van der Waals surface area (Å²) in [5.41, 5.74) is -1.09. The largest absolute Gasteiger partial charge is 0.506 e. The van der Waals surface area contributed by atoms with Crippen molar-refractivity contribution in [3.63, 3.8) is 0 Å². The number of carbonyl (C=O) groups excluding carboxylic acids is 1. The van der Waals surface area contributed by atoms with E-state index in [-0.39, 0.29) is 18.4 Å². The molecule has 0 atom stereocenters. The van der Waals surface area contributed by atoms with Crippen molar-refractivity contribution in [2.45, 2.75) is 6.92 Å². The Morgan fingerprint density at radius 2 is 1.69 bits per heavy atom. The first-order chi connectivity index (χ1) is 12.3. The van der Waals surface area contributed by atoms with E-state index in [1.807, 2.05) is 0 Å². The van der Waals surface area contributed by atoms with Crippen LogP contribution in [-0.2, 0) is 9.53 Å². The molecule has 0 unspecified atom stereocenters. The predicted octanol–water partition coefficient (Wildman–Crippen LogP) is 4.48. The second kappa shape index (κ2) is 8.28. The molecule has 0 spiro atoms. The number of ether oxygens (including phenoxy) is 1. The average molecular weight is 367 g/mol. The molecule has 0 fully saturated rings. The molecule has 136 valence electrons. The maximum absolute atomic E-state index is 13.9. The molecule has 2 rings (SSSR count). The molecule has 0 aliphatic rings. The zero-order chi connectivity index (χ0) is 19.3. The minimum absolute atomic E-state index is 0.0553. The first-order valence-electron chi connectivity index (χ1n) is 7.38. The molecular weight excluding hydrogens is 354 g/mol. The van der Waals surface area contributed by atoms with Crippen molar-refractivity contribution in [2.24, 2.45) is 4.99 Å². The van der Waals surface area contributed by atoms with Gasteiger partial charge in [0, 0.05) is 12.3 Å². The Kier molecular flexibility index (Phi) is 6.11. The van der Waals surface area contributed by atoms with Gasteiger partial charge in [0.15, 0.2) is 11.6 Å². The third kappa shape index (κ3) is 4.47. The first-order valence-corrected chi connectivity index (χ1v) is 7.38.